The number of aromatic nitrogens is 1. The Morgan fingerprint density at radius 1 is 1.24 bits per heavy atom. The van der Waals surface area contributed by atoms with Gasteiger partial charge in [0.1, 0.15) is 5.01 Å². The van der Waals surface area contributed by atoms with Crippen LogP contribution in [0, 0.1) is 6.92 Å². The van der Waals surface area contributed by atoms with Gasteiger partial charge in [-0.05, 0) is 32.7 Å². The average Bonchev–Trinajstić information content (AvgIpc) is 2.73. The van der Waals surface area contributed by atoms with Crippen LogP contribution in [0.15, 0.2) is 0 Å². The molecule has 0 amide bonds. The van der Waals surface area contributed by atoms with Crippen molar-refractivity contribution in [3.05, 3.63) is 15.6 Å². The lowest BCUT2D eigenvalue weighted by Gasteiger charge is -2.36. The molecule has 1 aromatic heterocycles. The zero-order valence-electron chi connectivity index (χ0n) is 11.3. The van der Waals surface area contributed by atoms with Crippen molar-refractivity contribution in [2.24, 2.45) is 0 Å². The first-order valence-corrected chi connectivity index (χ1v) is 7.75. The number of nitrogens with one attached hydrogen (secondary N) is 1. The maximum atomic E-state index is 4.90. The van der Waals surface area contributed by atoms with Crippen molar-refractivity contribution in [2.45, 2.75) is 64.8 Å². The highest BCUT2D eigenvalue weighted by atomic mass is 32.1. The van der Waals surface area contributed by atoms with Gasteiger partial charge in [-0.25, -0.2) is 4.98 Å². The Morgan fingerprint density at radius 2 is 1.94 bits per heavy atom. The van der Waals surface area contributed by atoms with Crippen LogP contribution < -0.4 is 5.32 Å². The lowest BCUT2D eigenvalue weighted by atomic mass is 9.82. The van der Waals surface area contributed by atoms with Gasteiger partial charge in [0.2, 0.25) is 0 Å². The van der Waals surface area contributed by atoms with Crippen LogP contribution in [0.4, 0.5) is 0 Å². The Balaban J connectivity index is 2.30. The second kappa shape index (κ2) is 5.49. The minimum atomic E-state index is 0.190. The number of hydrogen-bond donors (Lipinski definition) is 1. The van der Waals surface area contributed by atoms with E-state index in [4.69, 9.17) is 4.98 Å². The van der Waals surface area contributed by atoms with Crippen molar-refractivity contribution in [1.82, 2.24) is 10.3 Å². The smallest absolute Gasteiger partial charge is 0.113 e. The van der Waals surface area contributed by atoms with E-state index >= 15 is 0 Å². The predicted molar refractivity (Wildman–Crippen MR) is 74.7 cm³/mol. The molecule has 1 N–H and O–H groups in total. The van der Waals surface area contributed by atoms with Crippen molar-refractivity contribution in [3.63, 3.8) is 0 Å². The topological polar surface area (TPSA) is 24.9 Å². The van der Waals surface area contributed by atoms with E-state index in [1.165, 1.54) is 47.7 Å². The van der Waals surface area contributed by atoms with Crippen LogP contribution in [0.25, 0.3) is 0 Å². The van der Waals surface area contributed by atoms with E-state index in [1.807, 2.05) is 11.3 Å². The molecule has 1 saturated carbocycles. The number of thiazole rings is 1. The zero-order valence-corrected chi connectivity index (χ0v) is 12.1. The van der Waals surface area contributed by atoms with Gasteiger partial charge in [0.15, 0.2) is 0 Å². The molecular weight excluding hydrogens is 228 g/mol. The Bertz CT molecular complexity index is 359. The summed E-state index contributed by atoms with van der Waals surface area (Å²) in [5.74, 6) is 0. The summed E-state index contributed by atoms with van der Waals surface area (Å²) < 4.78 is 0. The summed E-state index contributed by atoms with van der Waals surface area (Å²) in [5.41, 5.74) is 1.49. The van der Waals surface area contributed by atoms with E-state index in [1.54, 1.807) is 0 Å². The fraction of sp³-hybridized carbons (Fsp3) is 0.786. The summed E-state index contributed by atoms with van der Waals surface area (Å²) in [6.45, 7) is 7.66. The second-order valence-electron chi connectivity index (χ2n) is 5.05. The molecule has 1 aliphatic carbocycles. The third-order valence-electron chi connectivity index (χ3n) is 3.86. The maximum Gasteiger partial charge on any atom is 0.113 e. The molecule has 1 fully saturated rings. The van der Waals surface area contributed by atoms with Gasteiger partial charge in [-0.15, -0.1) is 11.3 Å². The van der Waals surface area contributed by atoms with Crippen LogP contribution in [0.1, 0.15) is 61.5 Å². The molecule has 3 heteroatoms. The molecule has 1 aromatic rings. The van der Waals surface area contributed by atoms with E-state index in [0.29, 0.717) is 0 Å². The standard InChI is InChI=1S/C14H24N2S/c1-4-12-11(3)17-13(16-12)14(15-5-2)9-7-6-8-10-14/h15H,4-10H2,1-3H3. The molecule has 0 aromatic carbocycles. The van der Waals surface area contributed by atoms with E-state index in [0.717, 1.165) is 13.0 Å². The van der Waals surface area contributed by atoms with Gasteiger partial charge in [-0.2, -0.15) is 0 Å². The quantitative estimate of drug-likeness (QED) is 0.882. The largest absolute Gasteiger partial charge is 0.306 e. The summed E-state index contributed by atoms with van der Waals surface area (Å²) >= 11 is 1.91. The summed E-state index contributed by atoms with van der Waals surface area (Å²) in [6, 6.07) is 0. The number of hydrogen-bond acceptors (Lipinski definition) is 3. The fourth-order valence-corrected chi connectivity index (χ4v) is 4.15. The molecule has 1 aliphatic rings. The van der Waals surface area contributed by atoms with E-state index in [9.17, 15) is 0 Å². The summed E-state index contributed by atoms with van der Waals surface area (Å²) in [7, 11) is 0. The van der Waals surface area contributed by atoms with Crippen molar-refractivity contribution in [1.29, 1.82) is 0 Å². The van der Waals surface area contributed by atoms with Gasteiger partial charge in [0.05, 0.1) is 11.2 Å². The van der Waals surface area contributed by atoms with Crippen LogP contribution in [0.5, 0.6) is 0 Å². The lowest BCUT2D eigenvalue weighted by molar-refractivity contribution is 0.237. The van der Waals surface area contributed by atoms with Crippen molar-refractivity contribution in [3.8, 4) is 0 Å². The molecule has 0 atom stereocenters. The van der Waals surface area contributed by atoms with Crippen LogP contribution in [-0.4, -0.2) is 11.5 Å². The minimum absolute atomic E-state index is 0.190. The van der Waals surface area contributed by atoms with Crippen molar-refractivity contribution in [2.75, 3.05) is 6.54 Å². The Kier molecular flexibility index (Phi) is 4.21. The van der Waals surface area contributed by atoms with Crippen molar-refractivity contribution < 1.29 is 0 Å². The monoisotopic (exact) mass is 252 g/mol. The first-order valence-electron chi connectivity index (χ1n) is 6.93. The number of rotatable bonds is 4. The van der Waals surface area contributed by atoms with Gasteiger partial charge in [0, 0.05) is 4.88 Å². The average molecular weight is 252 g/mol. The molecule has 96 valence electrons. The highest BCUT2D eigenvalue weighted by molar-refractivity contribution is 7.11. The second-order valence-corrected chi connectivity index (χ2v) is 6.25. The zero-order chi connectivity index (χ0) is 12.3. The molecular formula is C14H24N2S. The summed E-state index contributed by atoms with van der Waals surface area (Å²) in [5, 5.41) is 5.07. The molecule has 2 nitrogen and oxygen atoms in total. The van der Waals surface area contributed by atoms with Gasteiger partial charge in [-0.1, -0.05) is 33.1 Å². The van der Waals surface area contributed by atoms with E-state index in [2.05, 4.69) is 26.1 Å². The predicted octanol–water partition coefficient (Wildman–Crippen LogP) is 3.78. The first kappa shape index (κ1) is 13.0. The van der Waals surface area contributed by atoms with Crippen LogP contribution in [0.3, 0.4) is 0 Å². The summed E-state index contributed by atoms with van der Waals surface area (Å²) in [6.07, 6.45) is 7.65. The minimum Gasteiger partial charge on any atom is -0.306 e. The van der Waals surface area contributed by atoms with Gasteiger partial charge in [0.25, 0.3) is 0 Å². The highest BCUT2D eigenvalue weighted by Gasteiger charge is 2.36. The van der Waals surface area contributed by atoms with Gasteiger partial charge in [-0.3, -0.25) is 0 Å². The third kappa shape index (κ3) is 2.55. The highest BCUT2D eigenvalue weighted by Crippen LogP contribution is 2.39. The van der Waals surface area contributed by atoms with Gasteiger partial charge < -0.3 is 5.32 Å². The summed E-state index contributed by atoms with van der Waals surface area (Å²) in [4.78, 5) is 6.31. The normalized spacial score (nSPS) is 19.5. The molecule has 0 aliphatic heterocycles. The third-order valence-corrected chi connectivity index (χ3v) is 5.08. The lowest BCUT2D eigenvalue weighted by Crippen LogP contribution is -2.43. The Hall–Kier alpha value is -0.410. The molecule has 0 bridgehead atoms. The molecule has 2 rings (SSSR count). The molecule has 0 radical (unpaired) electrons. The fourth-order valence-electron chi connectivity index (χ4n) is 2.92. The molecule has 0 unspecified atom stereocenters. The van der Waals surface area contributed by atoms with E-state index < -0.39 is 0 Å². The molecule has 0 spiro atoms. The number of aryl methyl sites for hydroxylation is 2. The number of nitrogens with zero attached hydrogens (tertiary/aromatic N) is 1. The first-order chi connectivity index (χ1) is 8.22. The Morgan fingerprint density at radius 3 is 2.47 bits per heavy atom. The molecule has 17 heavy (non-hydrogen) atoms. The van der Waals surface area contributed by atoms with Crippen LogP contribution in [-0.2, 0) is 12.0 Å². The van der Waals surface area contributed by atoms with Crippen LogP contribution >= 0.6 is 11.3 Å². The maximum absolute atomic E-state index is 4.90. The van der Waals surface area contributed by atoms with E-state index in [-0.39, 0.29) is 5.54 Å². The van der Waals surface area contributed by atoms with Gasteiger partial charge >= 0.3 is 0 Å². The molecule has 0 saturated heterocycles. The SMILES string of the molecule is CCNC1(c2nc(CC)c(C)s2)CCCCC1. The molecule has 1 heterocycles. The van der Waals surface area contributed by atoms with Crippen LogP contribution in [0.2, 0.25) is 0 Å². The Labute approximate surface area is 109 Å². The van der Waals surface area contributed by atoms with Crippen molar-refractivity contribution >= 4 is 11.3 Å².